The van der Waals surface area contributed by atoms with Gasteiger partial charge in [0.25, 0.3) is 0 Å². The summed E-state index contributed by atoms with van der Waals surface area (Å²) in [5, 5.41) is 3.42. The number of benzene rings is 1. The van der Waals surface area contributed by atoms with Crippen LogP contribution < -0.4 is 10.2 Å². The first-order valence-electron chi connectivity index (χ1n) is 6.70. The van der Waals surface area contributed by atoms with Gasteiger partial charge < -0.3 is 10.2 Å². The van der Waals surface area contributed by atoms with Crippen molar-refractivity contribution in [1.82, 2.24) is 5.32 Å². The fourth-order valence-corrected chi connectivity index (χ4v) is 2.80. The third kappa shape index (κ3) is 2.71. The standard InChI is InChI=1S/C14H17F3N2/c15-14(16,17)11-3-1-2-4-13(11)19-8-7-18-12(9-19)10-5-6-10/h1-4,10,12,18H,5-9H2. The molecule has 1 aliphatic heterocycles. The van der Waals surface area contributed by atoms with Crippen molar-refractivity contribution in [2.45, 2.75) is 25.1 Å². The SMILES string of the molecule is FC(F)(F)c1ccccc1N1CCNC(C2CC2)C1. The van der Waals surface area contributed by atoms with Crippen LogP contribution in [-0.4, -0.2) is 25.7 Å². The van der Waals surface area contributed by atoms with Gasteiger partial charge in [-0.1, -0.05) is 12.1 Å². The molecule has 104 valence electrons. The lowest BCUT2D eigenvalue weighted by atomic mass is 10.1. The summed E-state index contributed by atoms with van der Waals surface area (Å²) in [5.41, 5.74) is -0.200. The number of hydrogen-bond acceptors (Lipinski definition) is 2. The van der Waals surface area contributed by atoms with Crippen molar-refractivity contribution in [3.05, 3.63) is 29.8 Å². The van der Waals surface area contributed by atoms with Crippen molar-refractivity contribution in [3.63, 3.8) is 0 Å². The van der Waals surface area contributed by atoms with E-state index in [1.807, 2.05) is 4.90 Å². The molecular weight excluding hydrogens is 253 g/mol. The van der Waals surface area contributed by atoms with E-state index in [2.05, 4.69) is 5.32 Å². The highest BCUT2D eigenvalue weighted by Gasteiger charge is 2.38. The van der Waals surface area contributed by atoms with Crippen LogP contribution in [0, 0.1) is 5.92 Å². The topological polar surface area (TPSA) is 15.3 Å². The maximum atomic E-state index is 13.0. The van der Waals surface area contributed by atoms with Crippen LogP contribution in [0.15, 0.2) is 24.3 Å². The van der Waals surface area contributed by atoms with Crippen molar-refractivity contribution in [3.8, 4) is 0 Å². The molecule has 1 aromatic carbocycles. The van der Waals surface area contributed by atoms with Crippen LogP contribution in [0.4, 0.5) is 18.9 Å². The van der Waals surface area contributed by atoms with E-state index in [1.165, 1.54) is 25.0 Å². The second kappa shape index (κ2) is 4.71. The minimum absolute atomic E-state index is 0.321. The third-order valence-electron chi connectivity index (χ3n) is 3.95. The molecular formula is C14H17F3N2. The van der Waals surface area contributed by atoms with Crippen molar-refractivity contribution in [1.29, 1.82) is 0 Å². The van der Waals surface area contributed by atoms with Crippen molar-refractivity contribution in [2.75, 3.05) is 24.5 Å². The van der Waals surface area contributed by atoms with Crippen LogP contribution in [0.3, 0.4) is 0 Å². The van der Waals surface area contributed by atoms with E-state index in [1.54, 1.807) is 12.1 Å². The van der Waals surface area contributed by atoms with E-state index >= 15 is 0 Å². The Morgan fingerprint density at radius 2 is 1.89 bits per heavy atom. The van der Waals surface area contributed by atoms with Gasteiger partial charge in [-0.05, 0) is 30.9 Å². The number of hydrogen-bond donors (Lipinski definition) is 1. The van der Waals surface area contributed by atoms with E-state index in [0.717, 1.165) is 6.54 Å². The predicted molar refractivity (Wildman–Crippen MR) is 68.2 cm³/mol. The highest BCUT2D eigenvalue weighted by molar-refractivity contribution is 5.55. The average Bonchev–Trinajstić information content (AvgIpc) is 3.22. The highest BCUT2D eigenvalue weighted by Crippen LogP contribution is 2.38. The summed E-state index contributed by atoms with van der Waals surface area (Å²) >= 11 is 0. The second-order valence-electron chi connectivity index (χ2n) is 5.36. The largest absolute Gasteiger partial charge is 0.418 e. The van der Waals surface area contributed by atoms with Gasteiger partial charge in [-0.15, -0.1) is 0 Å². The molecule has 1 aliphatic carbocycles. The Morgan fingerprint density at radius 3 is 2.58 bits per heavy atom. The molecule has 3 rings (SSSR count). The number of anilines is 1. The van der Waals surface area contributed by atoms with E-state index in [0.29, 0.717) is 30.7 Å². The molecule has 0 amide bonds. The Labute approximate surface area is 110 Å². The minimum Gasteiger partial charge on any atom is -0.368 e. The first-order valence-corrected chi connectivity index (χ1v) is 6.70. The molecule has 0 spiro atoms. The number of para-hydroxylation sites is 1. The fraction of sp³-hybridized carbons (Fsp3) is 0.571. The summed E-state index contributed by atoms with van der Waals surface area (Å²) in [4.78, 5) is 1.88. The lowest BCUT2D eigenvalue weighted by Gasteiger charge is -2.36. The molecule has 0 aromatic heterocycles. The van der Waals surface area contributed by atoms with Gasteiger partial charge in [-0.2, -0.15) is 13.2 Å². The van der Waals surface area contributed by atoms with Gasteiger partial charge in [0.05, 0.1) is 5.56 Å². The number of piperazine rings is 1. The molecule has 1 N–H and O–H groups in total. The number of halogens is 3. The van der Waals surface area contributed by atoms with Crippen LogP contribution in [0.25, 0.3) is 0 Å². The molecule has 5 heteroatoms. The number of alkyl halides is 3. The number of nitrogens with zero attached hydrogens (tertiary/aromatic N) is 1. The monoisotopic (exact) mass is 270 g/mol. The van der Waals surface area contributed by atoms with E-state index < -0.39 is 11.7 Å². The van der Waals surface area contributed by atoms with Crippen molar-refractivity contribution in [2.24, 2.45) is 5.92 Å². The van der Waals surface area contributed by atoms with Gasteiger partial charge in [-0.25, -0.2) is 0 Å². The summed E-state index contributed by atoms with van der Waals surface area (Å²) < 4.78 is 39.1. The number of nitrogens with one attached hydrogen (secondary N) is 1. The first-order chi connectivity index (χ1) is 9.05. The minimum atomic E-state index is -4.28. The molecule has 2 fully saturated rings. The Hall–Kier alpha value is -1.23. The van der Waals surface area contributed by atoms with E-state index in [4.69, 9.17) is 0 Å². The van der Waals surface area contributed by atoms with Crippen LogP contribution in [0.5, 0.6) is 0 Å². The molecule has 1 heterocycles. The van der Waals surface area contributed by atoms with Gasteiger partial charge in [-0.3, -0.25) is 0 Å². The van der Waals surface area contributed by atoms with E-state index in [9.17, 15) is 13.2 Å². The predicted octanol–water partition coefficient (Wildman–Crippen LogP) is 2.89. The van der Waals surface area contributed by atoms with Gasteiger partial charge in [0.2, 0.25) is 0 Å². The Kier molecular flexibility index (Phi) is 3.17. The molecule has 1 saturated carbocycles. The summed E-state index contributed by atoms with van der Waals surface area (Å²) in [6.07, 6.45) is -1.88. The molecule has 0 radical (unpaired) electrons. The maximum Gasteiger partial charge on any atom is 0.418 e. The van der Waals surface area contributed by atoms with Crippen LogP contribution in [0.2, 0.25) is 0 Å². The van der Waals surface area contributed by atoms with Crippen LogP contribution in [-0.2, 0) is 6.18 Å². The lowest BCUT2D eigenvalue weighted by Crippen LogP contribution is -2.52. The quantitative estimate of drug-likeness (QED) is 0.889. The summed E-state index contributed by atoms with van der Waals surface area (Å²) in [7, 11) is 0. The third-order valence-corrected chi connectivity index (χ3v) is 3.95. The zero-order valence-electron chi connectivity index (χ0n) is 10.6. The molecule has 2 nitrogen and oxygen atoms in total. The van der Waals surface area contributed by atoms with Gasteiger partial charge >= 0.3 is 6.18 Å². The number of rotatable bonds is 2. The molecule has 1 aromatic rings. The smallest absolute Gasteiger partial charge is 0.368 e. The average molecular weight is 270 g/mol. The zero-order valence-corrected chi connectivity index (χ0v) is 10.6. The molecule has 2 aliphatic rings. The maximum absolute atomic E-state index is 13.0. The molecule has 19 heavy (non-hydrogen) atoms. The van der Waals surface area contributed by atoms with Gasteiger partial charge in [0.1, 0.15) is 0 Å². The van der Waals surface area contributed by atoms with Crippen molar-refractivity contribution >= 4 is 5.69 Å². The first kappa shape index (κ1) is 12.8. The fourth-order valence-electron chi connectivity index (χ4n) is 2.80. The normalized spacial score (nSPS) is 24.6. The zero-order chi connectivity index (χ0) is 13.5. The summed E-state index contributed by atoms with van der Waals surface area (Å²) in [6, 6.07) is 6.22. The van der Waals surface area contributed by atoms with Crippen molar-refractivity contribution < 1.29 is 13.2 Å². The summed E-state index contributed by atoms with van der Waals surface area (Å²) in [6.45, 7) is 2.07. The molecule has 0 bridgehead atoms. The highest BCUT2D eigenvalue weighted by atomic mass is 19.4. The second-order valence-corrected chi connectivity index (χ2v) is 5.36. The summed E-state index contributed by atoms with van der Waals surface area (Å²) in [5.74, 6) is 0.654. The van der Waals surface area contributed by atoms with Gasteiger partial charge in [0.15, 0.2) is 0 Å². The van der Waals surface area contributed by atoms with E-state index in [-0.39, 0.29) is 0 Å². The Morgan fingerprint density at radius 1 is 1.16 bits per heavy atom. The molecule has 1 unspecified atom stereocenters. The molecule has 1 atom stereocenters. The molecule has 1 saturated heterocycles. The van der Waals surface area contributed by atoms with Crippen LogP contribution in [0.1, 0.15) is 18.4 Å². The van der Waals surface area contributed by atoms with Gasteiger partial charge in [0, 0.05) is 31.4 Å². The lowest BCUT2D eigenvalue weighted by molar-refractivity contribution is -0.137. The Balaban J connectivity index is 1.84. The van der Waals surface area contributed by atoms with Crippen LogP contribution >= 0.6 is 0 Å². The Bertz CT molecular complexity index is 454.